The van der Waals surface area contributed by atoms with E-state index in [2.05, 4.69) is 4.90 Å². The fourth-order valence-electron chi connectivity index (χ4n) is 3.70. The molecule has 7 heteroatoms. The van der Waals surface area contributed by atoms with Crippen LogP contribution < -0.4 is 0 Å². The number of benzene rings is 2. The molecule has 2 aromatic rings. The second-order valence-electron chi connectivity index (χ2n) is 7.26. The second-order valence-corrected chi connectivity index (χ2v) is 10.1. The molecule has 2 aliphatic rings. The van der Waals surface area contributed by atoms with Crippen molar-refractivity contribution in [2.24, 2.45) is 0 Å². The molecule has 0 radical (unpaired) electrons. The molecular weight excluding hydrogens is 414 g/mol. The maximum atomic E-state index is 13.3. The second kappa shape index (κ2) is 8.85. The number of piperazine rings is 1. The van der Waals surface area contributed by atoms with Gasteiger partial charge in [-0.2, -0.15) is 0 Å². The molecule has 160 valence electrons. The fourth-order valence-corrected chi connectivity index (χ4v) is 5.50. The number of hydrogen-bond donors (Lipinski definition) is 0. The Morgan fingerprint density at radius 2 is 1.83 bits per heavy atom. The Balaban J connectivity index is 1.66. The summed E-state index contributed by atoms with van der Waals surface area (Å²) in [7, 11) is -4.89. The van der Waals surface area contributed by atoms with Crippen molar-refractivity contribution in [2.45, 2.75) is 21.1 Å². The van der Waals surface area contributed by atoms with Gasteiger partial charge >= 0.3 is 0 Å². The molecule has 0 aliphatic carbocycles. The van der Waals surface area contributed by atoms with Crippen LogP contribution in [0.3, 0.4) is 0 Å². The zero-order valence-electron chi connectivity index (χ0n) is 25.3. The molecule has 0 atom stereocenters. The van der Waals surface area contributed by atoms with Gasteiger partial charge in [-0.05, 0) is 54.4 Å². The quantitative estimate of drug-likeness (QED) is 0.593. The minimum atomic E-state index is -4.89. The molecule has 2 heterocycles. The molecule has 0 saturated carbocycles. The topological polar surface area (TPSA) is 43.9 Å². The third-order valence-corrected chi connectivity index (χ3v) is 7.82. The van der Waals surface area contributed by atoms with E-state index in [1.807, 2.05) is 30.3 Å². The van der Waals surface area contributed by atoms with E-state index in [0.29, 0.717) is 44.7 Å². The normalized spacial score (nSPS) is 24.8. The van der Waals surface area contributed by atoms with Crippen molar-refractivity contribution >= 4 is 27.4 Å². The lowest BCUT2D eigenvalue weighted by Gasteiger charge is -2.32. The monoisotopic (exact) mass is 452 g/mol. The van der Waals surface area contributed by atoms with Gasteiger partial charge in [-0.15, -0.1) is 0 Å². The van der Waals surface area contributed by atoms with Crippen molar-refractivity contribution in [1.29, 1.82) is 0 Å². The van der Waals surface area contributed by atoms with Gasteiger partial charge in [0.2, 0.25) is 10.0 Å². The molecular formula is C23H29N3O2S2. The van der Waals surface area contributed by atoms with E-state index in [0.717, 1.165) is 20.9 Å². The van der Waals surface area contributed by atoms with Crippen LogP contribution in [0.1, 0.15) is 29.9 Å². The first-order chi connectivity index (χ1) is 18.0. The molecule has 0 spiro atoms. The van der Waals surface area contributed by atoms with E-state index in [1.54, 1.807) is 6.07 Å². The maximum Gasteiger partial charge on any atom is 0.242 e. The standard InChI is InChI=1S/C23H29N3O2S2/c1-24(2)30(27,28)18-10-11-23-21(17-18)19(20-7-4-5-9-22(20)29-23)8-6-12-26-15-13-25(3)14-16-26/h4-5,7-11,17H,6,12-16H2,1-3H3/b19-8-/i1D3,2D3,3D3. The van der Waals surface area contributed by atoms with Crippen LogP contribution in [0.2, 0.25) is 0 Å². The van der Waals surface area contributed by atoms with E-state index in [-0.39, 0.29) is 4.31 Å². The number of sulfonamides is 1. The highest BCUT2D eigenvalue weighted by atomic mass is 32.2. The van der Waals surface area contributed by atoms with Crippen molar-refractivity contribution in [3.05, 3.63) is 59.7 Å². The molecule has 2 aromatic carbocycles. The third kappa shape index (κ3) is 4.36. The Morgan fingerprint density at radius 3 is 2.60 bits per heavy atom. The number of fused-ring (bicyclic) bond motifs is 2. The van der Waals surface area contributed by atoms with Gasteiger partial charge in [-0.25, -0.2) is 12.7 Å². The van der Waals surface area contributed by atoms with Crippen molar-refractivity contribution in [2.75, 3.05) is 53.7 Å². The first kappa shape index (κ1) is 13.0. The molecule has 4 rings (SSSR count). The summed E-state index contributed by atoms with van der Waals surface area (Å²) in [5, 5.41) is 0. The average molecular weight is 453 g/mol. The summed E-state index contributed by atoms with van der Waals surface area (Å²) in [5.41, 5.74) is 2.23. The summed E-state index contributed by atoms with van der Waals surface area (Å²) in [6.45, 7) is -6.10. The van der Waals surface area contributed by atoms with Gasteiger partial charge in [0.05, 0.1) is 4.90 Å². The van der Waals surface area contributed by atoms with Crippen molar-refractivity contribution in [3.63, 3.8) is 0 Å². The van der Waals surface area contributed by atoms with Crippen LogP contribution in [0, 0.1) is 0 Å². The van der Waals surface area contributed by atoms with E-state index < -0.39 is 35.8 Å². The Morgan fingerprint density at radius 1 is 1.07 bits per heavy atom. The van der Waals surface area contributed by atoms with Crippen LogP contribution in [0.5, 0.6) is 0 Å². The molecule has 30 heavy (non-hydrogen) atoms. The summed E-state index contributed by atoms with van der Waals surface area (Å²) in [4.78, 5) is 4.98. The fraction of sp³-hybridized carbons (Fsp3) is 0.391. The SMILES string of the molecule is [2H]C([2H])([2H])N1CCN(CC/C=C2/c3ccccc3Sc3ccc(S(=O)(=O)N(C([2H])([2H])[2H])C([2H])([2H])[2H])cc32)CC1. The lowest BCUT2D eigenvalue weighted by molar-refractivity contribution is 0.156. The summed E-state index contributed by atoms with van der Waals surface area (Å²) in [6, 6.07) is 11.8. The number of likely N-dealkylation sites (N-methyl/N-ethyl adjacent to an activating group) is 1. The molecule has 5 nitrogen and oxygen atoms in total. The zero-order valence-corrected chi connectivity index (χ0v) is 18.0. The lowest BCUT2D eigenvalue weighted by atomic mass is 9.96. The van der Waals surface area contributed by atoms with Crippen LogP contribution in [0.25, 0.3) is 5.57 Å². The molecule has 0 N–H and O–H groups in total. The molecule has 0 unspecified atom stereocenters. The summed E-state index contributed by atoms with van der Waals surface area (Å²) >= 11 is 1.45. The Labute approximate surface area is 197 Å². The largest absolute Gasteiger partial charge is 0.304 e. The van der Waals surface area contributed by atoms with Gasteiger partial charge in [-0.1, -0.05) is 36.0 Å². The predicted octanol–water partition coefficient (Wildman–Crippen LogP) is 3.47. The Hall–Kier alpha value is -1.64. The van der Waals surface area contributed by atoms with Gasteiger partial charge in [0.15, 0.2) is 0 Å². The molecule has 0 bridgehead atoms. The minimum absolute atomic E-state index is 0.388. The smallest absolute Gasteiger partial charge is 0.242 e. The van der Waals surface area contributed by atoms with Crippen LogP contribution in [-0.2, 0) is 10.0 Å². The van der Waals surface area contributed by atoms with Gasteiger partial charge in [-0.3, -0.25) is 0 Å². The van der Waals surface area contributed by atoms with E-state index in [9.17, 15) is 8.42 Å². The first-order valence-corrected chi connectivity index (χ1v) is 11.9. The molecule has 0 aromatic heterocycles. The molecule has 0 amide bonds. The maximum absolute atomic E-state index is 13.3. The molecule has 1 saturated heterocycles. The van der Waals surface area contributed by atoms with Crippen molar-refractivity contribution < 1.29 is 20.8 Å². The van der Waals surface area contributed by atoms with Crippen LogP contribution in [0.4, 0.5) is 0 Å². The van der Waals surface area contributed by atoms with Gasteiger partial charge < -0.3 is 9.80 Å². The summed E-state index contributed by atoms with van der Waals surface area (Å²) < 4.78 is 94.4. The summed E-state index contributed by atoms with van der Waals surface area (Å²) in [6.07, 6.45) is 2.60. The van der Waals surface area contributed by atoms with E-state index in [1.165, 1.54) is 28.8 Å². The highest BCUT2D eigenvalue weighted by Crippen LogP contribution is 2.46. The van der Waals surface area contributed by atoms with E-state index in [4.69, 9.17) is 12.3 Å². The Bertz CT molecular complexity index is 1330. The first-order valence-electron chi connectivity index (χ1n) is 14.1. The third-order valence-electron chi connectivity index (χ3n) is 5.34. The molecule has 1 fully saturated rings. The van der Waals surface area contributed by atoms with Crippen LogP contribution >= 0.6 is 11.8 Å². The Kier molecular flexibility index (Phi) is 3.84. The van der Waals surface area contributed by atoms with Crippen LogP contribution in [-0.4, -0.2) is 76.2 Å². The van der Waals surface area contributed by atoms with Crippen molar-refractivity contribution in [3.8, 4) is 0 Å². The number of hydrogen-bond acceptors (Lipinski definition) is 5. The van der Waals surface area contributed by atoms with Crippen LogP contribution in [0.15, 0.2) is 63.2 Å². The lowest BCUT2D eigenvalue weighted by Crippen LogP contribution is -2.44. The van der Waals surface area contributed by atoms with E-state index >= 15 is 0 Å². The average Bonchev–Trinajstić information content (AvgIpc) is 2.81. The predicted molar refractivity (Wildman–Crippen MR) is 124 cm³/mol. The van der Waals surface area contributed by atoms with Crippen molar-refractivity contribution in [1.82, 2.24) is 14.1 Å². The minimum Gasteiger partial charge on any atom is -0.304 e. The highest BCUT2D eigenvalue weighted by molar-refractivity contribution is 7.99. The van der Waals surface area contributed by atoms with Gasteiger partial charge in [0, 0.05) is 68.8 Å². The van der Waals surface area contributed by atoms with Gasteiger partial charge in [0.25, 0.3) is 0 Å². The number of rotatable bonds is 5. The number of nitrogens with zero attached hydrogens (tertiary/aromatic N) is 3. The van der Waals surface area contributed by atoms with Gasteiger partial charge in [0.1, 0.15) is 0 Å². The molecule has 2 aliphatic heterocycles. The highest BCUT2D eigenvalue weighted by Gasteiger charge is 2.25. The summed E-state index contributed by atoms with van der Waals surface area (Å²) in [5.74, 6) is 0. The zero-order chi connectivity index (χ0) is 28.8.